The van der Waals surface area contributed by atoms with Crippen molar-refractivity contribution in [1.29, 1.82) is 0 Å². The van der Waals surface area contributed by atoms with E-state index in [1.165, 1.54) is 0 Å². The van der Waals surface area contributed by atoms with Crippen LogP contribution in [0, 0.1) is 18.3 Å². The molecular formula is C9H12O. The van der Waals surface area contributed by atoms with E-state index in [2.05, 4.69) is 5.92 Å². The molecule has 0 bridgehead atoms. The highest BCUT2D eigenvalue weighted by molar-refractivity contribution is 5.22. The quantitative estimate of drug-likeness (QED) is 0.393. The van der Waals surface area contributed by atoms with E-state index < -0.39 is 5.60 Å². The lowest BCUT2D eigenvalue weighted by atomic mass is 9.82. The summed E-state index contributed by atoms with van der Waals surface area (Å²) in [7, 11) is 0. The second-order valence-corrected chi connectivity index (χ2v) is 2.85. The van der Waals surface area contributed by atoms with Crippen LogP contribution in [0.2, 0.25) is 0 Å². The first-order valence-electron chi connectivity index (χ1n) is 3.57. The molecule has 0 saturated carbocycles. The number of hydrogen-bond acceptors (Lipinski definition) is 1. The van der Waals surface area contributed by atoms with Gasteiger partial charge in [-0.2, -0.15) is 0 Å². The lowest BCUT2D eigenvalue weighted by Gasteiger charge is -2.28. The fourth-order valence-electron chi connectivity index (χ4n) is 1.18. The highest BCUT2D eigenvalue weighted by atomic mass is 16.3. The summed E-state index contributed by atoms with van der Waals surface area (Å²) in [6.07, 6.45) is 10.9. The fraction of sp³-hybridized carbons (Fsp3) is 0.556. The van der Waals surface area contributed by atoms with Gasteiger partial charge in [0.15, 0.2) is 0 Å². The van der Waals surface area contributed by atoms with Gasteiger partial charge in [0.2, 0.25) is 0 Å². The lowest BCUT2D eigenvalue weighted by molar-refractivity contribution is 0.0835. The first kappa shape index (κ1) is 7.37. The van der Waals surface area contributed by atoms with Gasteiger partial charge < -0.3 is 5.11 Å². The zero-order chi connectivity index (χ0) is 7.61. The van der Waals surface area contributed by atoms with Crippen molar-refractivity contribution in [3.8, 4) is 12.3 Å². The van der Waals surface area contributed by atoms with Crippen LogP contribution >= 0.6 is 0 Å². The van der Waals surface area contributed by atoms with E-state index >= 15 is 0 Å². The minimum atomic E-state index is -0.974. The third kappa shape index (κ3) is 1.08. The topological polar surface area (TPSA) is 20.2 Å². The van der Waals surface area contributed by atoms with Crippen molar-refractivity contribution in [2.24, 2.45) is 5.92 Å². The number of hydrogen-bond donors (Lipinski definition) is 1. The summed E-state index contributed by atoms with van der Waals surface area (Å²) in [5, 5.41) is 9.63. The Morgan fingerprint density at radius 2 is 2.50 bits per heavy atom. The SMILES string of the molecule is C#CC1(O)C=CCCC1C. The molecule has 0 fully saturated rings. The highest BCUT2D eigenvalue weighted by Gasteiger charge is 2.29. The van der Waals surface area contributed by atoms with Crippen LogP contribution in [0.3, 0.4) is 0 Å². The average Bonchev–Trinajstić information content (AvgIpc) is 1.96. The number of allylic oxidation sites excluding steroid dienone is 1. The van der Waals surface area contributed by atoms with E-state index in [9.17, 15) is 5.11 Å². The monoisotopic (exact) mass is 136 g/mol. The highest BCUT2D eigenvalue weighted by Crippen LogP contribution is 2.27. The molecule has 2 unspecified atom stereocenters. The first-order chi connectivity index (χ1) is 4.69. The largest absolute Gasteiger partial charge is 0.374 e. The van der Waals surface area contributed by atoms with Gasteiger partial charge in [0, 0.05) is 5.92 Å². The van der Waals surface area contributed by atoms with E-state index in [1.54, 1.807) is 6.08 Å². The summed E-state index contributed by atoms with van der Waals surface area (Å²) in [6, 6.07) is 0. The van der Waals surface area contributed by atoms with Gasteiger partial charge in [-0.3, -0.25) is 0 Å². The van der Waals surface area contributed by atoms with Crippen LogP contribution in [-0.4, -0.2) is 10.7 Å². The molecule has 0 saturated heterocycles. The third-order valence-corrected chi connectivity index (χ3v) is 2.12. The summed E-state index contributed by atoms with van der Waals surface area (Å²) in [6.45, 7) is 1.98. The van der Waals surface area contributed by atoms with Crippen LogP contribution in [0.25, 0.3) is 0 Å². The Morgan fingerprint density at radius 1 is 1.80 bits per heavy atom. The zero-order valence-electron chi connectivity index (χ0n) is 6.17. The zero-order valence-corrected chi connectivity index (χ0v) is 6.17. The summed E-state index contributed by atoms with van der Waals surface area (Å²) in [4.78, 5) is 0. The molecule has 1 heteroatoms. The number of aliphatic hydroxyl groups is 1. The van der Waals surface area contributed by atoms with Crippen molar-refractivity contribution in [3.63, 3.8) is 0 Å². The maximum atomic E-state index is 9.63. The van der Waals surface area contributed by atoms with Gasteiger partial charge in [0.1, 0.15) is 5.60 Å². The van der Waals surface area contributed by atoms with E-state index in [1.807, 2.05) is 13.0 Å². The molecule has 1 rings (SSSR count). The molecule has 1 N–H and O–H groups in total. The van der Waals surface area contributed by atoms with Crippen molar-refractivity contribution in [3.05, 3.63) is 12.2 Å². The molecule has 0 aromatic carbocycles. The Kier molecular flexibility index (Phi) is 1.82. The minimum absolute atomic E-state index is 0.197. The van der Waals surface area contributed by atoms with Gasteiger partial charge in [-0.25, -0.2) is 0 Å². The number of terminal acetylenes is 1. The van der Waals surface area contributed by atoms with E-state index in [0.717, 1.165) is 12.8 Å². The fourth-order valence-corrected chi connectivity index (χ4v) is 1.18. The van der Waals surface area contributed by atoms with Crippen molar-refractivity contribution < 1.29 is 5.11 Å². The predicted molar refractivity (Wildman–Crippen MR) is 41.3 cm³/mol. The Hall–Kier alpha value is -0.740. The van der Waals surface area contributed by atoms with E-state index in [0.29, 0.717) is 0 Å². The van der Waals surface area contributed by atoms with E-state index in [4.69, 9.17) is 6.42 Å². The second kappa shape index (κ2) is 2.48. The Labute approximate surface area is 61.8 Å². The molecular weight excluding hydrogens is 124 g/mol. The molecule has 2 atom stereocenters. The molecule has 0 heterocycles. The van der Waals surface area contributed by atoms with Crippen molar-refractivity contribution >= 4 is 0 Å². The van der Waals surface area contributed by atoms with Crippen LogP contribution in [-0.2, 0) is 0 Å². The van der Waals surface area contributed by atoms with Gasteiger partial charge >= 0.3 is 0 Å². The smallest absolute Gasteiger partial charge is 0.146 e. The van der Waals surface area contributed by atoms with Crippen molar-refractivity contribution in [2.75, 3.05) is 0 Å². The molecule has 1 aliphatic rings. The molecule has 54 valence electrons. The van der Waals surface area contributed by atoms with Crippen LogP contribution in [0.5, 0.6) is 0 Å². The second-order valence-electron chi connectivity index (χ2n) is 2.85. The molecule has 1 nitrogen and oxygen atoms in total. The number of rotatable bonds is 0. The summed E-state index contributed by atoms with van der Waals surface area (Å²) >= 11 is 0. The van der Waals surface area contributed by atoms with Gasteiger partial charge in [0.25, 0.3) is 0 Å². The Bertz CT molecular complexity index is 187. The average molecular weight is 136 g/mol. The molecule has 0 amide bonds. The Morgan fingerprint density at radius 3 is 2.90 bits per heavy atom. The normalized spacial score (nSPS) is 39.1. The summed E-state index contributed by atoms with van der Waals surface area (Å²) < 4.78 is 0. The lowest BCUT2D eigenvalue weighted by Crippen LogP contribution is -2.34. The van der Waals surface area contributed by atoms with Gasteiger partial charge in [-0.1, -0.05) is 18.9 Å². The van der Waals surface area contributed by atoms with Crippen LogP contribution < -0.4 is 0 Å². The molecule has 0 aliphatic heterocycles. The molecule has 0 aromatic rings. The predicted octanol–water partition coefficient (Wildman–Crippen LogP) is 1.34. The molecule has 0 radical (unpaired) electrons. The van der Waals surface area contributed by atoms with Gasteiger partial charge in [-0.15, -0.1) is 6.42 Å². The molecule has 10 heavy (non-hydrogen) atoms. The van der Waals surface area contributed by atoms with Crippen LogP contribution in [0.4, 0.5) is 0 Å². The maximum Gasteiger partial charge on any atom is 0.146 e. The minimum Gasteiger partial charge on any atom is -0.374 e. The maximum absolute atomic E-state index is 9.63. The Balaban J connectivity index is 2.84. The van der Waals surface area contributed by atoms with Crippen molar-refractivity contribution in [2.45, 2.75) is 25.4 Å². The molecule has 1 aliphatic carbocycles. The summed E-state index contributed by atoms with van der Waals surface area (Å²) in [5.41, 5.74) is -0.974. The first-order valence-corrected chi connectivity index (χ1v) is 3.57. The summed E-state index contributed by atoms with van der Waals surface area (Å²) in [5.74, 6) is 2.60. The molecule has 0 spiro atoms. The van der Waals surface area contributed by atoms with Crippen molar-refractivity contribution in [1.82, 2.24) is 0 Å². The van der Waals surface area contributed by atoms with E-state index in [-0.39, 0.29) is 5.92 Å². The van der Waals surface area contributed by atoms with Gasteiger partial charge in [-0.05, 0) is 18.9 Å². The van der Waals surface area contributed by atoms with Crippen LogP contribution in [0.1, 0.15) is 19.8 Å². The third-order valence-electron chi connectivity index (χ3n) is 2.12. The van der Waals surface area contributed by atoms with Gasteiger partial charge in [0.05, 0.1) is 0 Å². The standard InChI is InChI=1S/C9H12O/c1-3-9(10)7-5-4-6-8(9)2/h1,5,7-8,10H,4,6H2,2H3. The molecule has 0 aromatic heterocycles. The van der Waals surface area contributed by atoms with Crippen LogP contribution in [0.15, 0.2) is 12.2 Å².